The third-order valence-corrected chi connectivity index (χ3v) is 5.41. The summed E-state index contributed by atoms with van der Waals surface area (Å²) in [6, 6.07) is 11.8. The number of benzene rings is 2. The van der Waals surface area contributed by atoms with Crippen LogP contribution in [0.4, 0.5) is 10.5 Å². The monoisotopic (exact) mass is 444 g/mol. The van der Waals surface area contributed by atoms with Crippen LogP contribution < -0.4 is 10.6 Å². The van der Waals surface area contributed by atoms with Gasteiger partial charge in [0.15, 0.2) is 0 Å². The third-order valence-electron chi connectivity index (χ3n) is 5.08. The Labute approximate surface area is 188 Å². The first-order chi connectivity index (χ1) is 14.6. The van der Waals surface area contributed by atoms with Gasteiger partial charge in [0.25, 0.3) is 5.91 Å². The minimum atomic E-state index is -0.706. The molecule has 0 saturated carbocycles. The van der Waals surface area contributed by atoms with Gasteiger partial charge in [-0.3, -0.25) is 4.79 Å². The predicted molar refractivity (Wildman–Crippen MR) is 124 cm³/mol. The van der Waals surface area contributed by atoms with E-state index < -0.39 is 11.6 Å². The van der Waals surface area contributed by atoms with Gasteiger partial charge in [0, 0.05) is 18.8 Å². The van der Waals surface area contributed by atoms with Crippen LogP contribution in [0.25, 0.3) is 0 Å². The molecule has 2 aromatic rings. The second kappa shape index (κ2) is 10.3. The second-order valence-electron chi connectivity index (χ2n) is 7.64. The average Bonchev–Trinajstić information content (AvgIpc) is 2.75. The maximum Gasteiger partial charge on any atom is 0.319 e. The summed E-state index contributed by atoms with van der Waals surface area (Å²) in [6.45, 7) is 10.4. The molecule has 2 aromatic carbocycles. The molecule has 2 rings (SSSR count). The molecule has 0 aliphatic rings. The molecule has 31 heavy (non-hydrogen) atoms. The molecule has 0 fully saturated rings. The number of hydrogen-bond donors (Lipinski definition) is 3. The Kier molecular flexibility index (Phi) is 8.05. The minimum Gasteiger partial charge on any atom is -0.411 e. The lowest BCUT2D eigenvalue weighted by Gasteiger charge is -2.27. The van der Waals surface area contributed by atoms with Crippen LogP contribution in [0.5, 0.6) is 0 Å². The van der Waals surface area contributed by atoms with Gasteiger partial charge < -0.3 is 20.7 Å². The van der Waals surface area contributed by atoms with E-state index in [4.69, 9.17) is 16.8 Å². The van der Waals surface area contributed by atoms with E-state index in [-0.39, 0.29) is 5.91 Å². The van der Waals surface area contributed by atoms with Crippen molar-refractivity contribution in [2.45, 2.75) is 40.2 Å². The highest BCUT2D eigenvalue weighted by Crippen LogP contribution is 2.24. The summed E-state index contributed by atoms with van der Waals surface area (Å²) >= 11 is 6.22. The molecule has 3 amide bonds. The van der Waals surface area contributed by atoms with E-state index in [1.807, 2.05) is 52.0 Å². The van der Waals surface area contributed by atoms with Gasteiger partial charge in [-0.15, -0.1) is 0 Å². The molecule has 166 valence electrons. The normalized spacial score (nSPS) is 11.7. The summed E-state index contributed by atoms with van der Waals surface area (Å²) < 4.78 is 0. The van der Waals surface area contributed by atoms with Crippen molar-refractivity contribution in [3.8, 4) is 0 Å². The largest absolute Gasteiger partial charge is 0.411 e. The molecular weight excluding hydrogens is 416 g/mol. The van der Waals surface area contributed by atoms with E-state index in [1.54, 1.807) is 30.0 Å². The zero-order valence-corrected chi connectivity index (χ0v) is 19.2. The van der Waals surface area contributed by atoms with Crippen molar-refractivity contribution in [1.29, 1.82) is 0 Å². The summed E-state index contributed by atoms with van der Waals surface area (Å²) in [5.41, 5.74) is 2.18. The lowest BCUT2D eigenvalue weighted by molar-refractivity contribution is 0.0773. The molecule has 7 nitrogen and oxygen atoms in total. The standard InChI is InChI=1S/C23H29ClN4O3/c1-6-28(7-2)21(29)19-14-18(11-12-20(19)24)25-22(30)26-23(4,5)17-10-8-9-16(13-17)15(3)27-31/h8-14,31H,6-7H2,1-5H3,(H2,25,26,30)/b27-15+. The van der Waals surface area contributed by atoms with E-state index >= 15 is 0 Å². The van der Waals surface area contributed by atoms with Gasteiger partial charge in [0.2, 0.25) is 0 Å². The van der Waals surface area contributed by atoms with E-state index in [9.17, 15) is 9.59 Å². The van der Waals surface area contributed by atoms with Crippen LogP contribution in [0, 0.1) is 0 Å². The first-order valence-corrected chi connectivity index (χ1v) is 10.5. The molecule has 0 spiro atoms. The van der Waals surface area contributed by atoms with Gasteiger partial charge in [0.1, 0.15) is 0 Å². The van der Waals surface area contributed by atoms with Crippen molar-refractivity contribution in [3.05, 3.63) is 64.2 Å². The Balaban J connectivity index is 2.19. The summed E-state index contributed by atoms with van der Waals surface area (Å²) in [6.07, 6.45) is 0. The molecule has 0 saturated heterocycles. The first-order valence-electron chi connectivity index (χ1n) is 10.1. The minimum absolute atomic E-state index is 0.183. The molecular formula is C23H29ClN4O3. The topological polar surface area (TPSA) is 94.0 Å². The van der Waals surface area contributed by atoms with Gasteiger partial charge in [-0.25, -0.2) is 4.79 Å². The van der Waals surface area contributed by atoms with Crippen molar-refractivity contribution >= 4 is 34.9 Å². The number of anilines is 1. The third kappa shape index (κ3) is 5.98. The fraction of sp³-hybridized carbons (Fsp3) is 0.348. The summed E-state index contributed by atoms with van der Waals surface area (Å²) in [4.78, 5) is 27.0. The Morgan fingerprint density at radius 1 is 1.13 bits per heavy atom. The quantitative estimate of drug-likeness (QED) is 0.316. The SMILES string of the molecule is CCN(CC)C(=O)c1cc(NC(=O)NC(C)(C)c2cccc(/C(C)=N/O)c2)ccc1Cl. The van der Waals surface area contributed by atoms with Crippen LogP contribution in [0.2, 0.25) is 5.02 Å². The zero-order valence-electron chi connectivity index (χ0n) is 18.5. The van der Waals surface area contributed by atoms with E-state index in [1.165, 1.54) is 0 Å². The van der Waals surface area contributed by atoms with Crippen LogP contribution >= 0.6 is 11.6 Å². The van der Waals surface area contributed by atoms with E-state index in [0.717, 1.165) is 11.1 Å². The maximum atomic E-state index is 12.7. The molecule has 0 atom stereocenters. The van der Waals surface area contributed by atoms with E-state index in [2.05, 4.69) is 15.8 Å². The number of carbonyl (C=O) groups is 2. The number of rotatable bonds is 7. The molecule has 0 aliphatic heterocycles. The highest BCUT2D eigenvalue weighted by atomic mass is 35.5. The van der Waals surface area contributed by atoms with Crippen molar-refractivity contribution in [2.75, 3.05) is 18.4 Å². The molecule has 0 unspecified atom stereocenters. The smallest absolute Gasteiger partial charge is 0.319 e. The summed E-state index contributed by atoms with van der Waals surface area (Å²) in [5.74, 6) is -0.183. The van der Waals surface area contributed by atoms with Crippen molar-refractivity contribution < 1.29 is 14.8 Å². The molecule has 3 N–H and O–H groups in total. The fourth-order valence-electron chi connectivity index (χ4n) is 3.16. The molecule has 0 heterocycles. The van der Waals surface area contributed by atoms with Crippen molar-refractivity contribution in [2.24, 2.45) is 5.16 Å². The Morgan fingerprint density at radius 2 is 1.81 bits per heavy atom. The number of nitrogens with zero attached hydrogens (tertiary/aromatic N) is 2. The number of halogens is 1. The predicted octanol–water partition coefficient (Wildman–Crippen LogP) is 5.08. The van der Waals surface area contributed by atoms with Crippen LogP contribution in [0.1, 0.15) is 56.1 Å². The summed E-state index contributed by atoms with van der Waals surface area (Å²) in [7, 11) is 0. The number of carbonyl (C=O) groups excluding carboxylic acids is 2. The van der Waals surface area contributed by atoms with Gasteiger partial charge in [-0.2, -0.15) is 0 Å². The molecule has 0 aromatic heterocycles. The first kappa shape index (κ1) is 24.2. The van der Waals surface area contributed by atoms with Crippen molar-refractivity contribution in [1.82, 2.24) is 10.2 Å². The summed E-state index contributed by atoms with van der Waals surface area (Å²) in [5, 5.41) is 18.3. The van der Waals surface area contributed by atoms with Gasteiger partial charge in [-0.1, -0.05) is 35.0 Å². The molecule has 0 bridgehead atoms. The Hall–Kier alpha value is -3.06. The van der Waals surface area contributed by atoms with Crippen molar-refractivity contribution in [3.63, 3.8) is 0 Å². The van der Waals surface area contributed by atoms with Crippen LogP contribution in [0.15, 0.2) is 47.6 Å². The lowest BCUT2D eigenvalue weighted by atomic mass is 9.92. The number of urea groups is 1. The highest BCUT2D eigenvalue weighted by molar-refractivity contribution is 6.34. The Morgan fingerprint density at radius 3 is 2.42 bits per heavy atom. The lowest BCUT2D eigenvalue weighted by Crippen LogP contribution is -2.43. The maximum absolute atomic E-state index is 12.7. The Bertz CT molecular complexity index is 985. The van der Waals surface area contributed by atoms with E-state index in [0.29, 0.717) is 35.1 Å². The fourth-order valence-corrected chi connectivity index (χ4v) is 3.36. The number of amides is 3. The number of hydrogen-bond acceptors (Lipinski definition) is 4. The highest BCUT2D eigenvalue weighted by Gasteiger charge is 2.24. The molecule has 0 radical (unpaired) electrons. The van der Waals surface area contributed by atoms with Crippen LogP contribution in [-0.4, -0.2) is 40.8 Å². The van der Waals surface area contributed by atoms with Crippen LogP contribution in [-0.2, 0) is 5.54 Å². The molecule has 0 aliphatic carbocycles. The average molecular weight is 445 g/mol. The number of oxime groups is 1. The van der Waals surface area contributed by atoms with Gasteiger partial charge in [0.05, 0.1) is 21.8 Å². The van der Waals surface area contributed by atoms with Gasteiger partial charge in [-0.05, 0) is 70.0 Å². The van der Waals surface area contributed by atoms with Gasteiger partial charge >= 0.3 is 6.03 Å². The number of nitrogens with one attached hydrogen (secondary N) is 2. The van der Waals surface area contributed by atoms with Crippen LogP contribution in [0.3, 0.4) is 0 Å². The molecule has 8 heteroatoms. The zero-order chi connectivity index (χ0) is 23.2. The second-order valence-corrected chi connectivity index (χ2v) is 8.05.